The van der Waals surface area contributed by atoms with E-state index in [-0.39, 0.29) is 11.5 Å². The third-order valence-corrected chi connectivity index (χ3v) is 4.25. The minimum atomic E-state index is -0.264. The van der Waals surface area contributed by atoms with Gasteiger partial charge in [-0.1, -0.05) is 35.5 Å². The lowest BCUT2D eigenvalue weighted by atomic mass is 10.2. The van der Waals surface area contributed by atoms with Gasteiger partial charge in [0.15, 0.2) is 5.82 Å². The largest absolute Gasteiger partial charge is 0.360 e. The van der Waals surface area contributed by atoms with Crippen molar-refractivity contribution in [3.63, 3.8) is 0 Å². The van der Waals surface area contributed by atoms with E-state index >= 15 is 0 Å². The summed E-state index contributed by atoms with van der Waals surface area (Å²) in [6.45, 7) is 5.43. The number of aromatic nitrogens is 1. The number of hydrogen-bond donors (Lipinski definition) is 1. The number of anilines is 1. The van der Waals surface area contributed by atoms with Gasteiger partial charge in [-0.05, 0) is 12.5 Å². The van der Waals surface area contributed by atoms with Crippen LogP contribution in [0.2, 0.25) is 0 Å². The summed E-state index contributed by atoms with van der Waals surface area (Å²) < 4.78 is 4.94. The van der Waals surface area contributed by atoms with E-state index in [1.165, 1.54) is 11.8 Å². The zero-order valence-corrected chi connectivity index (χ0v) is 14.7. The molecule has 0 atom stereocenters. The molecule has 0 unspecified atom stereocenters. The van der Waals surface area contributed by atoms with Gasteiger partial charge in [0, 0.05) is 45.0 Å². The molecule has 26 heavy (non-hydrogen) atoms. The predicted octanol–water partition coefficient (Wildman–Crippen LogP) is 2.15. The van der Waals surface area contributed by atoms with Gasteiger partial charge in [-0.3, -0.25) is 9.69 Å². The number of benzene rings is 1. The van der Waals surface area contributed by atoms with Crippen LogP contribution >= 0.6 is 0 Å². The van der Waals surface area contributed by atoms with Crippen molar-refractivity contribution in [2.75, 3.05) is 31.5 Å². The third kappa shape index (κ3) is 4.49. The molecule has 0 bridgehead atoms. The molecule has 1 aromatic carbocycles. The highest BCUT2D eigenvalue weighted by Crippen LogP contribution is 2.12. The molecule has 2 heterocycles. The van der Waals surface area contributed by atoms with Gasteiger partial charge in [-0.15, -0.1) is 0 Å². The Kier molecular flexibility index (Phi) is 5.66. The first-order valence-electron chi connectivity index (χ1n) is 8.51. The summed E-state index contributed by atoms with van der Waals surface area (Å²) in [5.41, 5.74) is 1.32. The van der Waals surface area contributed by atoms with Crippen molar-refractivity contribution in [1.29, 1.82) is 5.26 Å². The normalized spacial score (nSPS) is 15.5. The van der Waals surface area contributed by atoms with E-state index in [0.717, 1.165) is 19.6 Å². The van der Waals surface area contributed by atoms with E-state index < -0.39 is 0 Å². The molecule has 1 aliphatic heterocycles. The Balaban J connectivity index is 1.54. The molecule has 7 nitrogen and oxygen atoms in total. The van der Waals surface area contributed by atoms with Crippen LogP contribution in [-0.4, -0.2) is 47.0 Å². The Morgan fingerprint density at radius 1 is 1.31 bits per heavy atom. The number of rotatable bonds is 5. The summed E-state index contributed by atoms with van der Waals surface area (Å²) in [5, 5.41) is 15.9. The first-order chi connectivity index (χ1) is 12.7. The molecule has 134 valence electrons. The zero-order chi connectivity index (χ0) is 18.4. The average Bonchev–Trinajstić information content (AvgIpc) is 3.09. The molecule has 0 saturated carbocycles. The number of nitriles is 1. The van der Waals surface area contributed by atoms with Crippen LogP contribution in [0.25, 0.3) is 0 Å². The van der Waals surface area contributed by atoms with Crippen molar-refractivity contribution in [2.45, 2.75) is 13.5 Å². The first-order valence-corrected chi connectivity index (χ1v) is 8.51. The van der Waals surface area contributed by atoms with E-state index in [1.807, 2.05) is 24.3 Å². The number of aryl methyl sites for hydroxylation is 1. The highest BCUT2D eigenvalue weighted by Gasteiger charge is 2.23. The minimum Gasteiger partial charge on any atom is -0.360 e. The molecule has 1 aromatic heterocycles. The molecule has 0 spiro atoms. The van der Waals surface area contributed by atoms with Crippen LogP contribution in [-0.2, 0) is 11.3 Å². The van der Waals surface area contributed by atoms with Crippen molar-refractivity contribution >= 4 is 11.7 Å². The van der Waals surface area contributed by atoms with E-state index in [0.29, 0.717) is 24.7 Å². The summed E-state index contributed by atoms with van der Waals surface area (Å²) in [6, 6.07) is 13.9. The molecular formula is C19H21N5O2. The maximum Gasteiger partial charge on any atom is 0.266 e. The van der Waals surface area contributed by atoms with Gasteiger partial charge in [0.1, 0.15) is 17.4 Å². The molecule has 1 N–H and O–H groups in total. The van der Waals surface area contributed by atoms with Crippen LogP contribution in [0.5, 0.6) is 0 Å². The fourth-order valence-electron chi connectivity index (χ4n) is 2.84. The molecule has 2 aromatic rings. The van der Waals surface area contributed by atoms with Crippen molar-refractivity contribution in [3.8, 4) is 6.07 Å². The van der Waals surface area contributed by atoms with Gasteiger partial charge in [0.2, 0.25) is 0 Å². The Bertz CT molecular complexity index is 814. The number of hydrogen-bond acceptors (Lipinski definition) is 6. The summed E-state index contributed by atoms with van der Waals surface area (Å²) in [5.74, 6) is 0.857. The number of nitrogens with one attached hydrogen (secondary N) is 1. The van der Waals surface area contributed by atoms with Crippen molar-refractivity contribution in [2.24, 2.45) is 0 Å². The van der Waals surface area contributed by atoms with Crippen LogP contribution in [0.4, 0.5) is 5.82 Å². The molecule has 3 rings (SSSR count). The van der Waals surface area contributed by atoms with Crippen LogP contribution in [0, 0.1) is 18.3 Å². The lowest BCUT2D eigenvalue weighted by molar-refractivity contribution is -0.128. The lowest BCUT2D eigenvalue weighted by Gasteiger charge is -2.34. The number of amides is 1. The Morgan fingerprint density at radius 2 is 2.04 bits per heavy atom. The zero-order valence-electron chi connectivity index (χ0n) is 14.7. The molecule has 0 aliphatic carbocycles. The van der Waals surface area contributed by atoms with Gasteiger partial charge >= 0.3 is 0 Å². The van der Waals surface area contributed by atoms with E-state index in [9.17, 15) is 10.1 Å². The maximum absolute atomic E-state index is 12.6. The van der Waals surface area contributed by atoms with E-state index in [1.54, 1.807) is 17.9 Å². The average molecular weight is 351 g/mol. The van der Waals surface area contributed by atoms with Gasteiger partial charge in [-0.25, -0.2) is 0 Å². The monoisotopic (exact) mass is 351 g/mol. The Morgan fingerprint density at radius 3 is 2.65 bits per heavy atom. The topological polar surface area (TPSA) is 85.4 Å². The summed E-state index contributed by atoms with van der Waals surface area (Å²) in [7, 11) is 0. The molecule has 1 saturated heterocycles. The summed E-state index contributed by atoms with van der Waals surface area (Å²) >= 11 is 0. The van der Waals surface area contributed by atoms with Crippen LogP contribution in [0.3, 0.4) is 0 Å². The van der Waals surface area contributed by atoms with Crippen molar-refractivity contribution in [1.82, 2.24) is 15.0 Å². The van der Waals surface area contributed by atoms with Crippen LogP contribution in [0.15, 0.2) is 52.7 Å². The first kappa shape index (κ1) is 17.7. The second kappa shape index (κ2) is 8.32. The molecule has 1 fully saturated rings. The maximum atomic E-state index is 12.6. The van der Waals surface area contributed by atoms with Crippen LogP contribution < -0.4 is 5.32 Å². The standard InChI is InChI=1S/C19H21N5O2/c1-15-11-18(22-26-15)21-13-17(12-20)19(25)24-9-7-23(8-10-24)14-16-5-3-2-4-6-16/h2-6,11,13H,7-10,14H2,1H3,(H,21,22)/b17-13-. The highest BCUT2D eigenvalue weighted by molar-refractivity contribution is 5.97. The van der Waals surface area contributed by atoms with Gasteiger partial charge in [0.05, 0.1) is 0 Å². The van der Waals surface area contributed by atoms with Crippen molar-refractivity contribution < 1.29 is 9.32 Å². The summed E-state index contributed by atoms with van der Waals surface area (Å²) in [6.07, 6.45) is 1.38. The Labute approximate surface area is 152 Å². The molecule has 1 amide bonds. The SMILES string of the molecule is Cc1cc(N/C=C(/C#N)C(=O)N2CCN(Cc3ccccc3)CC2)no1. The molecule has 0 radical (unpaired) electrons. The quantitative estimate of drug-likeness (QED) is 0.656. The fraction of sp³-hybridized carbons (Fsp3) is 0.316. The van der Waals surface area contributed by atoms with Gasteiger partial charge < -0.3 is 14.7 Å². The summed E-state index contributed by atoms with van der Waals surface area (Å²) in [4.78, 5) is 16.6. The predicted molar refractivity (Wildman–Crippen MR) is 96.9 cm³/mol. The second-order valence-corrected chi connectivity index (χ2v) is 6.19. The third-order valence-electron chi connectivity index (χ3n) is 4.25. The van der Waals surface area contributed by atoms with Crippen molar-refractivity contribution in [3.05, 3.63) is 59.5 Å². The van der Waals surface area contributed by atoms with Gasteiger partial charge in [-0.2, -0.15) is 5.26 Å². The van der Waals surface area contributed by atoms with E-state index in [2.05, 4.69) is 27.5 Å². The lowest BCUT2D eigenvalue weighted by Crippen LogP contribution is -2.48. The van der Waals surface area contributed by atoms with E-state index in [4.69, 9.17) is 4.52 Å². The molecule has 1 aliphatic rings. The smallest absolute Gasteiger partial charge is 0.266 e. The number of piperazine rings is 1. The second-order valence-electron chi connectivity index (χ2n) is 6.19. The highest BCUT2D eigenvalue weighted by atomic mass is 16.5. The number of carbonyl (C=O) groups is 1. The van der Waals surface area contributed by atoms with Gasteiger partial charge in [0.25, 0.3) is 5.91 Å². The van der Waals surface area contributed by atoms with Crippen LogP contribution in [0.1, 0.15) is 11.3 Å². The minimum absolute atomic E-state index is 0.0576. The Hall–Kier alpha value is -3.11. The number of nitrogens with zero attached hydrogens (tertiary/aromatic N) is 4. The fourth-order valence-corrected chi connectivity index (χ4v) is 2.84. The number of carbonyl (C=O) groups excluding carboxylic acids is 1. The molecular weight excluding hydrogens is 330 g/mol. The molecule has 7 heteroatoms.